The zero-order chi connectivity index (χ0) is 20.7. The lowest BCUT2D eigenvalue weighted by Gasteiger charge is -2.24. The smallest absolute Gasteiger partial charge is 0.266 e. The summed E-state index contributed by atoms with van der Waals surface area (Å²) < 4.78 is 42.7. The minimum absolute atomic E-state index is 0.0176. The van der Waals surface area contributed by atoms with Crippen molar-refractivity contribution in [2.24, 2.45) is 0 Å². The lowest BCUT2D eigenvalue weighted by atomic mass is 9.84. The fourth-order valence-corrected chi connectivity index (χ4v) is 4.73. The third-order valence-corrected chi connectivity index (χ3v) is 6.08. The van der Waals surface area contributed by atoms with Gasteiger partial charge in [0, 0.05) is 17.9 Å². The van der Waals surface area contributed by atoms with Gasteiger partial charge in [-0.1, -0.05) is 18.2 Å². The van der Waals surface area contributed by atoms with Crippen LogP contribution in [0.4, 0.5) is 23.9 Å². The summed E-state index contributed by atoms with van der Waals surface area (Å²) in [4.78, 5) is 25.1. The van der Waals surface area contributed by atoms with Crippen LogP contribution >= 0.6 is 11.3 Å². The highest BCUT2D eigenvalue weighted by molar-refractivity contribution is 7.18. The average Bonchev–Trinajstić information content (AvgIpc) is 3.00. The molecule has 4 nitrogen and oxygen atoms in total. The van der Waals surface area contributed by atoms with Crippen molar-refractivity contribution >= 4 is 33.8 Å². The van der Waals surface area contributed by atoms with E-state index in [0.717, 1.165) is 23.5 Å². The zero-order valence-corrected chi connectivity index (χ0v) is 16.0. The molecule has 0 spiro atoms. The molecule has 0 fully saturated rings. The van der Waals surface area contributed by atoms with Crippen molar-refractivity contribution in [3.63, 3.8) is 0 Å². The quantitative estimate of drug-likeness (QED) is 0.617. The van der Waals surface area contributed by atoms with Crippen LogP contribution < -0.4 is 10.6 Å². The predicted molar refractivity (Wildman–Crippen MR) is 105 cm³/mol. The first-order chi connectivity index (χ1) is 13.9. The number of halogens is 3. The number of fused-ring (bicyclic) bond motifs is 1. The van der Waals surface area contributed by atoms with Gasteiger partial charge in [0.2, 0.25) is 5.91 Å². The Bertz CT molecular complexity index is 1120. The highest BCUT2D eigenvalue weighted by Gasteiger charge is 2.35. The molecule has 1 aliphatic heterocycles. The van der Waals surface area contributed by atoms with E-state index < -0.39 is 35.2 Å². The number of thiophene rings is 1. The van der Waals surface area contributed by atoms with Gasteiger partial charge < -0.3 is 10.6 Å². The van der Waals surface area contributed by atoms with Gasteiger partial charge in [0.15, 0.2) is 0 Å². The van der Waals surface area contributed by atoms with Gasteiger partial charge >= 0.3 is 0 Å². The van der Waals surface area contributed by atoms with Crippen LogP contribution in [0.2, 0.25) is 0 Å². The topological polar surface area (TPSA) is 58.2 Å². The predicted octanol–water partition coefficient (Wildman–Crippen LogP) is 5.20. The summed E-state index contributed by atoms with van der Waals surface area (Å²) in [6, 6.07) is 9.27. The van der Waals surface area contributed by atoms with E-state index in [1.54, 1.807) is 13.0 Å². The van der Waals surface area contributed by atoms with E-state index in [-0.39, 0.29) is 22.5 Å². The van der Waals surface area contributed by atoms with Crippen LogP contribution in [0, 0.1) is 24.4 Å². The standard InChI is InChI=1S/C21H15F3N2O2S/c1-10-17-11(18-13(23)6-4-7-14(18)24)9-16(27)26-21(17)29-19(10)20(28)25-15-8-3-2-5-12(15)22/h2-8,11H,9H2,1H3,(H,25,28)(H,26,27)/t11-/m1/s1. The number of benzene rings is 2. The van der Waals surface area contributed by atoms with Gasteiger partial charge in [0.1, 0.15) is 17.5 Å². The summed E-state index contributed by atoms with van der Waals surface area (Å²) in [6.45, 7) is 1.65. The Balaban J connectivity index is 1.77. The zero-order valence-electron chi connectivity index (χ0n) is 15.2. The van der Waals surface area contributed by atoms with Crippen molar-refractivity contribution in [2.75, 3.05) is 10.6 Å². The minimum atomic E-state index is -0.855. The molecule has 0 bridgehead atoms. The van der Waals surface area contributed by atoms with E-state index in [1.165, 1.54) is 24.3 Å². The van der Waals surface area contributed by atoms with Gasteiger partial charge in [-0.3, -0.25) is 9.59 Å². The summed E-state index contributed by atoms with van der Waals surface area (Å²) >= 11 is 0.998. The average molecular weight is 416 g/mol. The molecular weight excluding hydrogens is 401 g/mol. The number of para-hydroxylation sites is 1. The van der Waals surface area contributed by atoms with Crippen LogP contribution in [0.3, 0.4) is 0 Å². The first-order valence-corrected chi connectivity index (χ1v) is 9.61. The Hall–Kier alpha value is -3.13. The number of carbonyl (C=O) groups excluding carboxylic acids is 2. The lowest BCUT2D eigenvalue weighted by Crippen LogP contribution is -2.24. The van der Waals surface area contributed by atoms with E-state index in [9.17, 15) is 22.8 Å². The molecule has 0 saturated heterocycles. The number of anilines is 2. The minimum Gasteiger partial charge on any atom is -0.319 e. The molecule has 29 heavy (non-hydrogen) atoms. The SMILES string of the molecule is Cc1c(C(=O)Nc2ccccc2F)sc2c1[C@H](c1c(F)cccc1F)CC(=O)N2. The van der Waals surface area contributed by atoms with Crippen molar-refractivity contribution in [3.8, 4) is 0 Å². The number of nitrogens with one attached hydrogen (secondary N) is 2. The third kappa shape index (κ3) is 3.40. The van der Waals surface area contributed by atoms with E-state index in [2.05, 4.69) is 10.6 Å². The van der Waals surface area contributed by atoms with E-state index in [4.69, 9.17) is 0 Å². The molecule has 3 aromatic rings. The molecule has 2 amide bonds. The molecular formula is C21H15F3N2O2S. The number of hydrogen-bond acceptors (Lipinski definition) is 3. The van der Waals surface area contributed by atoms with Crippen molar-refractivity contribution in [1.82, 2.24) is 0 Å². The molecule has 0 unspecified atom stereocenters. The number of hydrogen-bond donors (Lipinski definition) is 2. The van der Waals surface area contributed by atoms with Crippen LogP contribution in [0.5, 0.6) is 0 Å². The monoisotopic (exact) mass is 416 g/mol. The van der Waals surface area contributed by atoms with Crippen LogP contribution in [0.1, 0.15) is 38.7 Å². The highest BCUT2D eigenvalue weighted by atomic mass is 32.1. The first kappa shape index (κ1) is 19.2. The third-order valence-electron chi connectivity index (χ3n) is 4.86. The molecule has 2 aromatic carbocycles. The van der Waals surface area contributed by atoms with Crippen LogP contribution in [-0.4, -0.2) is 11.8 Å². The maximum Gasteiger partial charge on any atom is 0.266 e. The second-order valence-electron chi connectivity index (χ2n) is 6.67. The van der Waals surface area contributed by atoms with Gasteiger partial charge in [-0.05, 0) is 42.3 Å². The van der Waals surface area contributed by atoms with Crippen molar-refractivity contribution in [2.45, 2.75) is 19.3 Å². The van der Waals surface area contributed by atoms with Gasteiger partial charge in [-0.15, -0.1) is 11.3 Å². The van der Waals surface area contributed by atoms with Gasteiger partial charge in [0.25, 0.3) is 5.91 Å². The van der Waals surface area contributed by atoms with Crippen LogP contribution in [0.15, 0.2) is 42.5 Å². The van der Waals surface area contributed by atoms with Crippen LogP contribution in [0.25, 0.3) is 0 Å². The van der Waals surface area contributed by atoms with Crippen molar-refractivity contribution in [3.05, 3.63) is 81.5 Å². The van der Waals surface area contributed by atoms with E-state index in [1.807, 2.05) is 0 Å². The molecule has 1 atom stereocenters. The fraction of sp³-hybridized carbons (Fsp3) is 0.143. The summed E-state index contributed by atoms with van der Waals surface area (Å²) in [5.74, 6) is -3.90. The largest absolute Gasteiger partial charge is 0.319 e. The molecule has 0 saturated carbocycles. The Morgan fingerprint density at radius 2 is 1.69 bits per heavy atom. The summed E-state index contributed by atoms with van der Waals surface area (Å²) in [5.41, 5.74) is 0.804. The molecule has 1 aliphatic rings. The second-order valence-corrected chi connectivity index (χ2v) is 7.69. The summed E-state index contributed by atoms with van der Waals surface area (Å²) in [7, 11) is 0. The van der Waals surface area contributed by atoms with Gasteiger partial charge in [0.05, 0.1) is 15.6 Å². The Labute approximate surface area is 168 Å². The van der Waals surface area contributed by atoms with E-state index >= 15 is 0 Å². The molecule has 2 N–H and O–H groups in total. The van der Waals surface area contributed by atoms with Gasteiger partial charge in [-0.25, -0.2) is 13.2 Å². The molecule has 148 valence electrons. The summed E-state index contributed by atoms with van der Waals surface area (Å²) in [6.07, 6.45) is -0.142. The molecule has 8 heteroatoms. The second kappa shape index (κ2) is 7.36. The molecule has 2 heterocycles. The number of amides is 2. The normalized spacial score (nSPS) is 15.6. The van der Waals surface area contributed by atoms with E-state index in [0.29, 0.717) is 16.1 Å². The van der Waals surface area contributed by atoms with Crippen LogP contribution in [-0.2, 0) is 4.79 Å². The number of carbonyl (C=O) groups is 2. The maximum atomic E-state index is 14.4. The Morgan fingerprint density at radius 1 is 1.03 bits per heavy atom. The maximum absolute atomic E-state index is 14.4. The van der Waals surface area contributed by atoms with Crippen molar-refractivity contribution in [1.29, 1.82) is 0 Å². The highest BCUT2D eigenvalue weighted by Crippen LogP contribution is 2.46. The summed E-state index contributed by atoms with van der Waals surface area (Å²) in [5, 5.41) is 5.54. The van der Waals surface area contributed by atoms with Gasteiger partial charge in [-0.2, -0.15) is 0 Å². The Kier molecular flexibility index (Phi) is 4.87. The Morgan fingerprint density at radius 3 is 2.38 bits per heavy atom. The molecule has 0 radical (unpaired) electrons. The van der Waals surface area contributed by atoms with Crippen molar-refractivity contribution < 1.29 is 22.8 Å². The molecule has 4 rings (SSSR count). The molecule has 0 aliphatic carbocycles. The molecule has 1 aromatic heterocycles. The number of rotatable bonds is 3. The first-order valence-electron chi connectivity index (χ1n) is 8.79. The lowest BCUT2D eigenvalue weighted by molar-refractivity contribution is -0.116. The fourth-order valence-electron chi connectivity index (χ4n) is 3.55.